The molecular formula is C20H16N2O5S. The molecule has 0 spiro atoms. The number of thioether (sulfide) groups is 1. The number of benzene rings is 1. The van der Waals surface area contributed by atoms with E-state index in [0.29, 0.717) is 12.0 Å². The molecule has 0 saturated carbocycles. The fourth-order valence-corrected chi connectivity index (χ4v) is 4.62. The molecule has 1 aromatic carbocycles. The molecule has 0 radical (unpaired) electrons. The monoisotopic (exact) mass is 396 g/mol. The zero-order valence-electron chi connectivity index (χ0n) is 14.6. The Labute approximate surface area is 165 Å². The first kappa shape index (κ1) is 18.2. The van der Waals surface area contributed by atoms with Crippen LogP contribution in [0, 0.1) is 5.92 Å². The summed E-state index contributed by atoms with van der Waals surface area (Å²) in [5, 5.41) is 10.2. The molecule has 2 aliphatic heterocycles. The minimum absolute atomic E-state index is 0.0938. The SMILES string of the molecule is O=C(O)CN1C(=O)C(N2C(=O)C3=CC=CCC3C2=O)=CSC1c1ccccc1. The summed E-state index contributed by atoms with van der Waals surface area (Å²) < 4.78 is 0. The average Bonchev–Trinajstić information content (AvgIpc) is 2.95. The Morgan fingerprint density at radius 1 is 1.14 bits per heavy atom. The summed E-state index contributed by atoms with van der Waals surface area (Å²) in [6, 6.07) is 9.03. The number of allylic oxidation sites excluding steroid dienone is 3. The summed E-state index contributed by atoms with van der Waals surface area (Å²) >= 11 is 1.20. The van der Waals surface area contributed by atoms with Crippen molar-refractivity contribution in [3.05, 3.63) is 70.8 Å². The topological polar surface area (TPSA) is 95.0 Å². The van der Waals surface area contributed by atoms with Crippen LogP contribution in [-0.2, 0) is 19.2 Å². The van der Waals surface area contributed by atoms with Crippen molar-refractivity contribution in [1.82, 2.24) is 9.80 Å². The van der Waals surface area contributed by atoms with E-state index in [-0.39, 0.29) is 5.70 Å². The third kappa shape index (κ3) is 2.95. The van der Waals surface area contributed by atoms with Crippen LogP contribution in [0.5, 0.6) is 0 Å². The number of fused-ring (bicyclic) bond motifs is 1. The first-order chi connectivity index (χ1) is 13.5. The van der Waals surface area contributed by atoms with E-state index in [1.807, 2.05) is 6.07 Å². The molecule has 28 heavy (non-hydrogen) atoms. The molecule has 2 unspecified atom stereocenters. The van der Waals surface area contributed by atoms with Gasteiger partial charge in [0.25, 0.3) is 11.8 Å². The highest BCUT2D eigenvalue weighted by Gasteiger charge is 2.48. The lowest BCUT2D eigenvalue weighted by atomic mass is 9.94. The highest BCUT2D eigenvalue weighted by atomic mass is 32.2. The summed E-state index contributed by atoms with van der Waals surface area (Å²) in [4.78, 5) is 52.1. The Bertz CT molecular complexity index is 966. The van der Waals surface area contributed by atoms with Crippen LogP contribution in [0.15, 0.2) is 65.2 Å². The van der Waals surface area contributed by atoms with Gasteiger partial charge in [-0.05, 0) is 12.0 Å². The maximum absolute atomic E-state index is 13.1. The molecule has 1 aromatic rings. The van der Waals surface area contributed by atoms with Crippen LogP contribution < -0.4 is 0 Å². The van der Waals surface area contributed by atoms with E-state index >= 15 is 0 Å². The van der Waals surface area contributed by atoms with Crippen LogP contribution in [0.1, 0.15) is 17.4 Å². The van der Waals surface area contributed by atoms with Crippen molar-refractivity contribution in [1.29, 1.82) is 0 Å². The van der Waals surface area contributed by atoms with E-state index in [0.717, 1.165) is 10.5 Å². The minimum atomic E-state index is -1.17. The van der Waals surface area contributed by atoms with Crippen molar-refractivity contribution < 1.29 is 24.3 Å². The van der Waals surface area contributed by atoms with Crippen molar-refractivity contribution in [2.45, 2.75) is 11.8 Å². The molecular weight excluding hydrogens is 380 g/mol. The molecule has 2 heterocycles. The number of amides is 3. The van der Waals surface area contributed by atoms with Gasteiger partial charge in [0, 0.05) is 11.0 Å². The third-order valence-corrected chi connectivity index (χ3v) is 5.97. The van der Waals surface area contributed by atoms with Gasteiger partial charge in [-0.1, -0.05) is 48.6 Å². The first-order valence-electron chi connectivity index (χ1n) is 8.67. The van der Waals surface area contributed by atoms with Gasteiger partial charge in [-0.2, -0.15) is 0 Å². The number of rotatable bonds is 4. The van der Waals surface area contributed by atoms with Crippen molar-refractivity contribution in [2.75, 3.05) is 6.54 Å². The fourth-order valence-electron chi connectivity index (χ4n) is 3.53. The Morgan fingerprint density at radius 3 is 2.57 bits per heavy atom. The van der Waals surface area contributed by atoms with Gasteiger partial charge in [-0.3, -0.25) is 19.2 Å². The molecule has 3 aliphatic rings. The van der Waals surface area contributed by atoms with E-state index in [1.54, 1.807) is 42.5 Å². The van der Waals surface area contributed by atoms with Crippen LogP contribution in [0.25, 0.3) is 0 Å². The van der Waals surface area contributed by atoms with E-state index in [1.165, 1.54) is 22.1 Å². The maximum Gasteiger partial charge on any atom is 0.323 e. The number of hydrogen-bond donors (Lipinski definition) is 1. The van der Waals surface area contributed by atoms with Crippen molar-refractivity contribution in [2.24, 2.45) is 5.92 Å². The van der Waals surface area contributed by atoms with Crippen LogP contribution in [0.2, 0.25) is 0 Å². The number of nitrogens with zero attached hydrogens (tertiary/aromatic N) is 2. The summed E-state index contributed by atoms with van der Waals surface area (Å²) in [6.07, 6.45) is 5.52. The Morgan fingerprint density at radius 2 is 1.89 bits per heavy atom. The largest absolute Gasteiger partial charge is 0.480 e. The summed E-state index contributed by atoms with van der Waals surface area (Å²) in [5.74, 6) is -3.38. The van der Waals surface area contributed by atoms with Gasteiger partial charge in [0.2, 0.25) is 5.91 Å². The normalized spacial score (nSPS) is 24.2. The van der Waals surface area contributed by atoms with Gasteiger partial charge >= 0.3 is 5.97 Å². The molecule has 8 heteroatoms. The number of aliphatic carboxylic acids is 1. The summed E-state index contributed by atoms with van der Waals surface area (Å²) in [5.41, 5.74) is 1.03. The lowest BCUT2D eigenvalue weighted by Crippen LogP contribution is -2.45. The van der Waals surface area contributed by atoms with Gasteiger partial charge in [0.15, 0.2) is 0 Å². The van der Waals surface area contributed by atoms with Gasteiger partial charge < -0.3 is 10.0 Å². The predicted molar refractivity (Wildman–Crippen MR) is 101 cm³/mol. The molecule has 0 bridgehead atoms. The lowest BCUT2D eigenvalue weighted by Gasteiger charge is -2.35. The number of likely N-dealkylation sites (tertiary alicyclic amines) is 1. The molecule has 142 valence electrons. The van der Waals surface area contributed by atoms with Crippen LogP contribution in [-0.4, -0.2) is 45.1 Å². The van der Waals surface area contributed by atoms with Gasteiger partial charge in [-0.15, -0.1) is 11.8 Å². The maximum atomic E-state index is 13.1. The second kappa shape index (κ2) is 7.12. The van der Waals surface area contributed by atoms with Gasteiger partial charge in [0.05, 0.1) is 5.92 Å². The molecule has 3 amide bonds. The number of carboxylic acids is 1. The molecule has 1 saturated heterocycles. The molecule has 2 atom stereocenters. The zero-order valence-corrected chi connectivity index (χ0v) is 15.5. The minimum Gasteiger partial charge on any atom is -0.480 e. The van der Waals surface area contributed by atoms with Crippen molar-refractivity contribution in [3.8, 4) is 0 Å². The Balaban J connectivity index is 1.70. The lowest BCUT2D eigenvalue weighted by molar-refractivity contribution is -0.146. The molecule has 1 aliphatic carbocycles. The number of carboxylic acid groups (broad SMARTS) is 1. The second-order valence-electron chi connectivity index (χ2n) is 6.55. The zero-order chi connectivity index (χ0) is 19.8. The molecule has 1 fully saturated rings. The van der Waals surface area contributed by atoms with Crippen molar-refractivity contribution >= 4 is 35.5 Å². The van der Waals surface area contributed by atoms with Gasteiger partial charge in [-0.25, -0.2) is 4.90 Å². The number of carbonyl (C=O) groups is 4. The third-order valence-electron chi connectivity index (χ3n) is 4.83. The molecule has 0 aromatic heterocycles. The molecule has 1 N–H and O–H groups in total. The van der Waals surface area contributed by atoms with Crippen LogP contribution in [0.4, 0.5) is 0 Å². The number of imide groups is 1. The fraction of sp³-hybridized carbons (Fsp3) is 0.200. The Hall–Kier alpha value is -3.13. The van der Waals surface area contributed by atoms with Crippen molar-refractivity contribution in [3.63, 3.8) is 0 Å². The number of carbonyl (C=O) groups excluding carboxylic acids is 3. The number of hydrogen-bond acceptors (Lipinski definition) is 5. The Kier molecular flexibility index (Phi) is 4.64. The summed E-state index contributed by atoms with van der Waals surface area (Å²) in [6.45, 7) is -0.535. The molecule has 7 nitrogen and oxygen atoms in total. The van der Waals surface area contributed by atoms with Crippen LogP contribution >= 0.6 is 11.8 Å². The molecule has 4 rings (SSSR count). The summed E-state index contributed by atoms with van der Waals surface area (Å²) in [7, 11) is 0. The van der Waals surface area contributed by atoms with E-state index < -0.39 is 41.5 Å². The van der Waals surface area contributed by atoms with Crippen LogP contribution in [0.3, 0.4) is 0 Å². The van der Waals surface area contributed by atoms with Gasteiger partial charge in [0.1, 0.15) is 17.6 Å². The standard InChI is InChI=1S/C20H16N2O5S/c23-16(24)10-21-19(27)15(11-28-20(21)12-6-2-1-3-7-12)22-17(25)13-8-4-5-9-14(13)18(22)26/h1-8,11,14,20H,9-10H2,(H,23,24). The average molecular weight is 396 g/mol. The quantitative estimate of drug-likeness (QED) is 0.783. The van der Waals surface area contributed by atoms with E-state index in [4.69, 9.17) is 0 Å². The highest BCUT2D eigenvalue weighted by molar-refractivity contribution is 8.02. The predicted octanol–water partition coefficient (Wildman–Crippen LogP) is 2.06. The second-order valence-corrected chi connectivity index (χ2v) is 7.50. The highest BCUT2D eigenvalue weighted by Crippen LogP contribution is 2.42. The first-order valence-corrected chi connectivity index (χ1v) is 9.61. The smallest absolute Gasteiger partial charge is 0.323 e. The van der Waals surface area contributed by atoms with E-state index in [2.05, 4.69) is 0 Å². The van der Waals surface area contributed by atoms with E-state index in [9.17, 15) is 24.3 Å².